The Morgan fingerprint density at radius 1 is 1.17 bits per heavy atom. The van der Waals surface area contributed by atoms with Gasteiger partial charge in [-0.1, -0.05) is 6.07 Å². The van der Waals surface area contributed by atoms with Crippen LogP contribution >= 0.6 is 0 Å². The van der Waals surface area contributed by atoms with E-state index in [1.807, 2.05) is 31.2 Å². The molecule has 1 aromatic carbocycles. The number of amides is 1. The molecule has 1 fully saturated rings. The Morgan fingerprint density at radius 2 is 1.87 bits per heavy atom. The summed E-state index contributed by atoms with van der Waals surface area (Å²) in [5.74, 6) is 1.10. The van der Waals surface area contributed by atoms with Gasteiger partial charge in [-0.3, -0.25) is 9.59 Å². The van der Waals surface area contributed by atoms with Crippen LogP contribution in [-0.2, 0) is 17.7 Å². The van der Waals surface area contributed by atoms with Crippen LogP contribution in [0.5, 0.6) is 11.5 Å². The normalized spacial score (nSPS) is 14.4. The third-order valence-corrected chi connectivity index (χ3v) is 5.74. The summed E-state index contributed by atoms with van der Waals surface area (Å²) in [6, 6.07) is 7.64. The second-order valence-electron chi connectivity index (χ2n) is 7.57. The van der Waals surface area contributed by atoms with Crippen molar-refractivity contribution >= 4 is 5.91 Å². The highest BCUT2D eigenvalue weighted by Gasteiger charge is 2.26. The number of rotatable bonds is 7. The molecule has 0 bridgehead atoms. The van der Waals surface area contributed by atoms with Gasteiger partial charge in [0.25, 0.3) is 11.5 Å². The van der Waals surface area contributed by atoms with Crippen LogP contribution in [0.25, 0.3) is 0 Å². The largest absolute Gasteiger partial charge is 0.493 e. The molecule has 1 aromatic heterocycles. The first kappa shape index (κ1) is 21.9. The Hall–Kier alpha value is -2.80. The van der Waals surface area contributed by atoms with E-state index >= 15 is 0 Å². The fraction of sp³-hybridized carbons (Fsp3) is 0.478. The number of benzene rings is 1. The number of aromatic nitrogens is 1. The zero-order valence-corrected chi connectivity index (χ0v) is 18.1. The van der Waals surface area contributed by atoms with Crippen molar-refractivity contribution in [2.24, 2.45) is 0 Å². The van der Waals surface area contributed by atoms with Gasteiger partial charge in [0.1, 0.15) is 5.56 Å². The van der Waals surface area contributed by atoms with Gasteiger partial charge in [0, 0.05) is 39.0 Å². The van der Waals surface area contributed by atoms with E-state index < -0.39 is 0 Å². The average molecular weight is 415 g/mol. The molecular formula is C23H30N2O5. The lowest BCUT2D eigenvalue weighted by Gasteiger charge is -2.31. The monoisotopic (exact) mass is 414 g/mol. The third-order valence-electron chi connectivity index (χ3n) is 5.74. The second-order valence-corrected chi connectivity index (χ2v) is 7.57. The molecule has 0 unspecified atom stereocenters. The molecule has 2 heterocycles. The van der Waals surface area contributed by atoms with Gasteiger partial charge in [-0.05, 0) is 55.5 Å². The average Bonchev–Trinajstić information content (AvgIpc) is 2.78. The summed E-state index contributed by atoms with van der Waals surface area (Å²) in [7, 11) is 4.97. The smallest absolute Gasteiger partial charge is 0.263 e. The Kier molecular flexibility index (Phi) is 7.15. The van der Waals surface area contributed by atoms with Crippen LogP contribution in [0.2, 0.25) is 0 Å². The summed E-state index contributed by atoms with van der Waals surface area (Å²) >= 11 is 0. The molecule has 0 aliphatic carbocycles. The molecule has 1 aliphatic rings. The fourth-order valence-corrected chi connectivity index (χ4v) is 3.80. The Morgan fingerprint density at radius 3 is 2.53 bits per heavy atom. The lowest BCUT2D eigenvalue weighted by molar-refractivity contribution is 0.0360. The summed E-state index contributed by atoms with van der Waals surface area (Å²) in [4.78, 5) is 27.9. The van der Waals surface area contributed by atoms with Crippen molar-refractivity contribution in [3.8, 4) is 11.5 Å². The van der Waals surface area contributed by atoms with Crippen molar-refractivity contribution in [3.05, 3.63) is 57.5 Å². The molecular weight excluding hydrogens is 384 g/mol. The molecule has 7 nitrogen and oxygen atoms in total. The van der Waals surface area contributed by atoms with E-state index in [1.165, 1.54) is 0 Å². The Balaban J connectivity index is 1.79. The Bertz CT molecular complexity index is 947. The zero-order chi connectivity index (χ0) is 21.7. The minimum absolute atomic E-state index is 0.102. The van der Waals surface area contributed by atoms with Crippen molar-refractivity contribution in [2.45, 2.75) is 38.8 Å². The molecule has 30 heavy (non-hydrogen) atoms. The van der Waals surface area contributed by atoms with E-state index in [0.29, 0.717) is 43.2 Å². The highest BCUT2D eigenvalue weighted by atomic mass is 16.5. The van der Waals surface area contributed by atoms with E-state index in [1.54, 1.807) is 36.9 Å². The van der Waals surface area contributed by atoms with Crippen LogP contribution in [-0.4, -0.2) is 55.9 Å². The number of carbonyl (C=O) groups is 1. The van der Waals surface area contributed by atoms with Crippen molar-refractivity contribution < 1.29 is 19.0 Å². The number of aryl methyl sites for hydroxylation is 3. The maximum Gasteiger partial charge on any atom is 0.263 e. The van der Waals surface area contributed by atoms with Crippen molar-refractivity contribution in [2.75, 3.05) is 34.5 Å². The maximum absolute atomic E-state index is 13.1. The van der Waals surface area contributed by atoms with Gasteiger partial charge >= 0.3 is 0 Å². The molecule has 3 rings (SSSR count). The first-order valence-electron chi connectivity index (χ1n) is 10.2. The molecule has 0 atom stereocenters. The summed E-state index contributed by atoms with van der Waals surface area (Å²) in [6.45, 7) is 3.57. The molecule has 0 saturated carbocycles. The van der Waals surface area contributed by atoms with Gasteiger partial charge < -0.3 is 23.7 Å². The first-order valence-corrected chi connectivity index (χ1v) is 10.2. The lowest BCUT2D eigenvalue weighted by atomic mass is 10.0. The molecule has 1 saturated heterocycles. The number of hydrogen-bond acceptors (Lipinski definition) is 5. The summed E-state index contributed by atoms with van der Waals surface area (Å²) in [5, 5.41) is 0. The number of nitrogens with zero attached hydrogens (tertiary/aromatic N) is 2. The van der Waals surface area contributed by atoms with E-state index in [0.717, 1.165) is 18.4 Å². The number of ether oxygens (including phenoxy) is 3. The molecule has 162 valence electrons. The third kappa shape index (κ3) is 4.67. The lowest BCUT2D eigenvalue weighted by Crippen LogP contribution is -2.43. The molecule has 0 N–H and O–H groups in total. The maximum atomic E-state index is 13.1. The van der Waals surface area contributed by atoms with Gasteiger partial charge in [0.15, 0.2) is 11.5 Å². The number of carbonyl (C=O) groups excluding carboxylic acids is 1. The van der Waals surface area contributed by atoms with Crippen LogP contribution in [0, 0.1) is 6.92 Å². The SMILES string of the molecule is COc1ccc(CCn2ccc(C)c(C(=O)N(C)C3CCOCC3)c2=O)cc1OC. The van der Waals surface area contributed by atoms with Crippen LogP contribution in [0.15, 0.2) is 35.3 Å². The number of pyridine rings is 1. The molecule has 7 heteroatoms. The quantitative estimate of drug-likeness (QED) is 0.697. The van der Waals surface area contributed by atoms with Crippen LogP contribution in [0.4, 0.5) is 0 Å². The first-order chi connectivity index (χ1) is 14.5. The molecule has 2 aromatic rings. The minimum atomic E-state index is -0.251. The van der Waals surface area contributed by atoms with Crippen LogP contribution < -0.4 is 15.0 Å². The summed E-state index contributed by atoms with van der Waals surface area (Å²) < 4.78 is 17.6. The predicted octanol–water partition coefficient (Wildman–Crippen LogP) is 2.67. The predicted molar refractivity (Wildman–Crippen MR) is 115 cm³/mol. The van der Waals surface area contributed by atoms with Gasteiger partial charge in [-0.25, -0.2) is 0 Å². The molecule has 1 aliphatic heterocycles. The fourth-order valence-electron chi connectivity index (χ4n) is 3.80. The van der Waals surface area contributed by atoms with Crippen molar-refractivity contribution in [3.63, 3.8) is 0 Å². The Labute approximate surface area is 177 Å². The summed E-state index contributed by atoms with van der Waals surface area (Å²) in [5.41, 5.74) is 1.72. The van der Waals surface area contributed by atoms with E-state index in [4.69, 9.17) is 14.2 Å². The highest BCUT2D eigenvalue weighted by Crippen LogP contribution is 2.27. The molecule has 1 amide bonds. The van der Waals surface area contributed by atoms with Crippen LogP contribution in [0.3, 0.4) is 0 Å². The number of methoxy groups -OCH3 is 2. The topological polar surface area (TPSA) is 70.0 Å². The van der Waals surface area contributed by atoms with Crippen LogP contribution in [0.1, 0.15) is 34.3 Å². The second kappa shape index (κ2) is 9.80. The van der Waals surface area contributed by atoms with E-state index in [9.17, 15) is 9.59 Å². The van der Waals surface area contributed by atoms with Crippen molar-refractivity contribution in [1.82, 2.24) is 9.47 Å². The van der Waals surface area contributed by atoms with Gasteiger partial charge in [-0.2, -0.15) is 0 Å². The molecule has 0 radical (unpaired) electrons. The summed E-state index contributed by atoms with van der Waals surface area (Å²) in [6.07, 6.45) is 3.97. The standard InChI is InChI=1S/C23H30N2O5/c1-16-7-11-25(12-8-17-5-6-19(28-3)20(15-17)29-4)23(27)21(16)22(26)24(2)18-9-13-30-14-10-18/h5-7,11,15,18H,8-10,12-14H2,1-4H3. The van der Waals surface area contributed by atoms with Gasteiger partial charge in [0.2, 0.25) is 0 Å². The van der Waals surface area contributed by atoms with Gasteiger partial charge in [0.05, 0.1) is 14.2 Å². The zero-order valence-electron chi connectivity index (χ0n) is 18.1. The molecule has 0 spiro atoms. The minimum Gasteiger partial charge on any atom is -0.493 e. The number of hydrogen-bond donors (Lipinski definition) is 0. The van der Waals surface area contributed by atoms with E-state index in [-0.39, 0.29) is 23.1 Å². The highest BCUT2D eigenvalue weighted by molar-refractivity contribution is 5.95. The van der Waals surface area contributed by atoms with Gasteiger partial charge in [-0.15, -0.1) is 0 Å². The van der Waals surface area contributed by atoms with Crippen molar-refractivity contribution in [1.29, 1.82) is 0 Å². The van der Waals surface area contributed by atoms with E-state index in [2.05, 4.69) is 0 Å².